The second kappa shape index (κ2) is 4.63. The third-order valence-corrected chi connectivity index (χ3v) is 4.66. The molecule has 6 heteroatoms. The van der Waals surface area contributed by atoms with Gasteiger partial charge in [-0.1, -0.05) is 0 Å². The monoisotopic (exact) mass is 301 g/mol. The molecule has 22 heavy (non-hydrogen) atoms. The Labute approximate surface area is 129 Å². The summed E-state index contributed by atoms with van der Waals surface area (Å²) >= 11 is 0. The van der Waals surface area contributed by atoms with Crippen molar-refractivity contribution < 1.29 is 14.3 Å². The zero-order valence-electron chi connectivity index (χ0n) is 12.8. The number of carbonyl (C=O) groups is 1. The second-order valence-corrected chi connectivity index (χ2v) is 6.37. The molecule has 1 unspecified atom stereocenters. The predicted molar refractivity (Wildman–Crippen MR) is 82.3 cm³/mol. The molecular formula is C16H19N3O3. The molecule has 6 nitrogen and oxygen atoms in total. The number of nitrogens with one attached hydrogen (secondary N) is 1. The summed E-state index contributed by atoms with van der Waals surface area (Å²) in [6.45, 7) is 4.35. The number of hydrazone groups is 1. The van der Waals surface area contributed by atoms with Gasteiger partial charge in [0.1, 0.15) is 29.7 Å². The molecule has 1 fully saturated rings. The van der Waals surface area contributed by atoms with Gasteiger partial charge in [0.15, 0.2) is 5.84 Å². The summed E-state index contributed by atoms with van der Waals surface area (Å²) in [7, 11) is 0. The van der Waals surface area contributed by atoms with Crippen LogP contribution in [0.2, 0.25) is 0 Å². The average Bonchev–Trinajstić information content (AvgIpc) is 2.49. The van der Waals surface area contributed by atoms with Crippen LogP contribution in [0.4, 0.5) is 5.69 Å². The van der Waals surface area contributed by atoms with E-state index in [9.17, 15) is 4.79 Å². The lowest BCUT2D eigenvalue weighted by Gasteiger charge is -2.40. The Kier molecular flexibility index (Phi) is 2.82. The van der Waals surface area contributed by atoms with Gasteiger partial charge in [-0.2, -0.15) is 5.10 Å². The van der Waals surface area contributed by atoms with Crippen molar-refractivity contribution in [1.82, 2.24) is 5.43 Å². The van der Waals surface area contributed by atoms with Crippen molar-refractivity contribution in [3.05, 3.63) is 18.2 Å². The van der Waals surface area contributed by atoms with Crippen molar-refractivity contribution in [3.63, 3.8) is 0 Å². The van der Waals surface area contributed by atoms with E-state index in [1.165, 1.54) is 6.42 Å². The van der Waals surface area contributed by atoms with Crippen LogP contribution in [-0.4, -0.2) is 30.0 Å². The minimum absolute atomic E-state index is 0.0639. The first-order valence-electron chi connectivity index (χ1n) is 7.67. The highest BCUT2D eigenvalue weighted by Crippen LogP contribution is 2.41. The van der Waals surface area contributed by atoms with Gasteiger partial charge in [-0.25, -0.2) is 5.43 Å². The SMILES string of the molecule is CC1C(=O)NN=C2COc3ccc(OC4(C)CCC4)cc3N21. The van der Waals surface area contributed by atoms with Crippen LogP contribution < -0.4 is 19.8 Å². The summed E-state index contributed by atoms with van der Waals surface area (Å²) in [6.07, 6.45) is 3.37. The summed E-state index contributed by atoms with van der Waals surface area (Å²) in [5.74, 6) is 2.16. The van der Waals surface area contributed by atoms with Gasteiger partial charge in [-0.15, -0.1) is 0 Å². The number of hydrogen-bond donors (Lipinski definition) is 1. The van der Waals surface area contributed by atoms with E-state index in [0.717, 1.165) is 30.0 Å². The summed E-state index contributed by atoms with van der Waals surface area (Å²) in [6, 6.07) is 5.47. The zero-order chi connectivity index (χ0) is 15.3. The van der Waals surface area contributed by atoms with Gasteiger partial charge >= 0.3 is 0 Å². The molecule has 0 bridgehead atoms. The molecule has 1 N–H and O–H groups in total. The lowest BCUT2D eigenvalue weighted by Crippen LogP contribution is -2.55. The molecule has 2 heterocycles. The molecule has 0 aromatic heterocycles. The number of nitrogens with zero attached hydrogens (tertiary/aromatic N) is 2. The van der Waals surface area contributed by atoms with Crippen molar-refractivity contribution in [1.29, 1.82) is 0 Å². The van der Waals surface area contributed by atoms with Gasteiger partial charge in [0, 0.05) is 6.07 Å². The van der Waals surface area contributed by atoms with Gasteiger partial charge < -0.3 is 14.4 Å². The largest absolute Gasteiger partial charge is 0.488 e. The van der Waals surface area contributed by atoms with Crippen LogP contribution in [0.15, 0.2) is 23.3 Å². The minimum Gasteiger partial charge on any atom is -0.488 e. The highest BCUT2D eigenvalue weighted by atomic mass is 16.5. The molecule has 0 saturated heterocycles. The lowest BCUT2D eigenvalue weighted by molar-refractivity contribution is -0.122. The Morgan fingerprint density at radius 3 is 3.00 bits per heavy atom. The summed E-state index contributed by atoms with van der Waals surface area (Å²) in [5, 5.41) is 4.09. The van der Waals surface area contributed by atoms with E-state index in [-0.39, 0.29) is 17.6 Å². The van der Waals surface area contributed by atoms with Crippen molar-refractivity contribution in [3.8, 4) is 11.5 Å². The quantitative estimate of drug-likeness (QED) is 0.908. The standard InChI is InChI=1S/C16H19N3O3/c1-10-15(20)18-17-14-9-21-13-5-4-11(8-12(13)19(10)14)22-16(2)6-3-7-16/h4-5,8,10H,3,6-7,9H2,1-2H3,(H,18,20). The number of amides is 1. The number of carbonyl (C=O) groups excluding carboxylic acids is 1. The first-order chi connectivity index (χ1) is 10.6. The highest BCUT2D eigenvalue weighted by Gasteiger charge is 2.37. The first kappa shape index (κ1) is 13.4. The number of hydrogen-bond acceptors (Lipinski definition) is 5. The lowest BCUT2D eigenvalue weighted by atomic mass is 9.82. The molecule has 0 spiro atoms. The molecular weight excluding hydrogens is 282 g/mol. The Bertz CT molecular complexity index is 667. The van der Waals surface area contributed by atoms with Crippen LogP contribution in [0, 0.1) is 0 Å². The Morgan fingerprint density at radius 2 is 2.27 bits per heavy atom. The van der Waals surface area contributed by atoms with E-state index >= 15 is 0 Å². The molecule has 116 valence electrons. The van der Waals surface area contributed by atoms with Crippen molar-refractivity contribution >= 4 is 17.4 Å². The normalized spacial score (nSPS) is 25.0. The zero-order valence-corrected chi connectivity index (χ0v) is 12.8. The van der Waals surface area contributed by atoms with Crippen molar-refractivity contribution in [2.24, 2.45) is 5.10 Å². The molecule has 1 amide bonds. The van der Waals surface area contributed by atoms with Crippen molar-refractivity contribution in [2.75, 3.05) is 11.5 Å². The molecule has 1 aromatic carbocycles. The topological polar surface area (TPSA) is 63.2 Å². The predicted octanol–water partition coefficient (Wildman–Crippen LogP) is 2.04. The van der Waals surface area contributed by atoms with Crippen LogP contribution in [-0.2, 0) is 4.79 Å². The maximum Gasteiger partial charge on any atom is 0.262 e. The van der Waals surface area contributed by atoms with Gasteiger partial charge in [0.05, 0.1) is 5.69 Å². The van der Waals surface area contributed by atoms with Crippen molar-refractivity contribution in [2.45, 2.75) is 44.8 Å². The molecule has 4 rings (SSSR count). The van der Waals surface area contributed by atoms with Crippen LogP contribution in [0.5, 0.6) is 11.5 Å². The first-order valence-corrected chi connectivity index (χ1v) is 7.67. The maximum atomic E-state index is 11.9. The molecule has 2 aliphatic heterocycles. The Morgan fingerprint density at radius 1 is 1.45 bits per heavy atom. The number of benzene rings is 1. The molecule has 1 atom stereocenters. The van der Waals surface area contributed by atoms with E-state index in [1.807, 2.05) is 30.0 Å². The molecule has 1 saturated carbocycles. The van der Waals surface area contributed by atoms with Crippen LogP contribution >= 0.6 is 0 Å². The smallest absolute Gasteiger partial charge is 0.262 e. The van der Waals surface area contributed by atoms with E-state index in [2.05, 4.69) is 17.5 Å². The van der Waals surface area contributed by atoms with E-state index in [1.54, 1.807) is 0 Å². The van der Waals surface area contributed by atoms with Crippen LogP contribution in [0.3, 0.4) is 0 Å². The summed E-state index contributed by atoms with van der Waals surface area (Å²) < 4.78 is 11.8. The van der Waals surface area contributed by atoms with E-state index < -0.39 is 0 Å². The number of fused-ring (bicyclic) bond motifs is 3. The molecule has 1 aliphatic carbocycles. The Balaban J connectivity index is 1.70. The molecule has 1 aromatic rings. The fourth-order valence-electron chi connectivity index (χ4n) is 3.13. The average molecular weight is 301 g/mol. The highest BCUT2D eigenvalue weighted by molar-refractivity contribution is 6.09. The Hall–Kier alpha value is -2.24. The van der Waals surface area contributed by atoms with Gasteiger partial charge in [0.25, 0.3) is 5.91 Å². The van der Waals surface area contributed by atoms with Crippen LogP contribution in [0.1, 0.15) is 33.1 Å². The minimum atomic E-state index is -0.315. The van der Waals surface area contributed by atoms with Gasteiger partial charge in [-0.3, -0.25) is 4.79 Å². The number of anilines is 1. The van der Waals surface area contributed by atoms with Crippen LogP contribution in [0.25, 0.3) is 0 Å². The summed E-state index contributed by atoms with van der Waals surface area (Å²) in [5.41, 5.74) is 3.31. The molecule has 3 aliphatic rings. The van der Waals surface area contributed by atoms with E-state index in [4.69, 9.17) is 9.47 Å². The molecule has 0 radical (unpaired) electrons. The third kappa shape index (κ3) is 2.01. The van der Waals surface area contributed by atoms with Gasteiger partial charge in [0.2, 0.25) is 0 Å². The number of amidine groups is 1. The fraction of sp³-hybridized carbons (Fsp3) is 0.500. The number of ether oxygens (including phenoxy) is 2. The second-order valence-electron chi connectivity index (χ2n) is 6.37. The summed E-state index contributed by atoms with van der Waals surface area (Å²) in [4.78, 5) is 13.8. The fourth-order valence-corrected chi connectivity index (χ4v) is 3.13. The van der Waals surface area contributed by atoms with Gasteiger partial charge in [-0.05, 0) is 45.2 Å². The number of rotatable bonds is 2. The van der Waals surface area contributed by atoms with E-state index in [0.29, 0.717) is 12.4 Å². The third-order valence-electron chi connectivity index (χ3n) is 4.66. The maximum absolute atomic E-state index is 11.9.